The number of ether oxygens (including phenoxy) is 1. The van der Waals surface area contributed by atoms with E-state index >= 15 is 0 Å². The Balaban J connectivity index is 1.92. The van der Waals surface area contributed by atoms with Crippen molar-refractivity contribution in [2.75, 3.05) is 26.8 Å². The first kappa shape index (κ1) is 24.9. The number of hydrazone groups is 1. The van der Waals surface area contributed by atoms with E-state index in [1.54, 1.807) is 12.0 Å². The number of benzene rings is 2. The first-order valence-electron chi connectivity index (χ1n) is 11.2. The maximum Gasteiger partial charge on any atom is 0.262 e. The summed E-state index contributed by atoms with van der Waals surface area (Å²) in [5.74, 6) is -0.519. The Hall–Kier alpha value is -2.70. The molecule has 1 aliphatic rings. The molecule has 0 radical (unpaired) electrons. The summed E-state index contributed by atoms with van der Waals surface area (Å²) in [6.07, 6.45) is 0.589. The molecule has 2 amide bonds. The van der Waals surface area contributed by atoms with Crippen molar-refractivity contribution in [2.45, 2.75) is 40.2 Å². The van der Waals surface area contributed by atoms with E-state index in [0.717, 1.165) is 16.8 Å². The molecule has 1 aliphatic heterocycles. The van der Waals surface area contributed by atoms with Gasteiger partial charge in [0.1, 0.15) is 6.54 Å². The fourth-order valence-corrected chi connectivity index (χ4v) is 3.98. The zero-order valence-electron chi connectivity index (χ0n) is 20.0. The van der Waals surface area contributed by atoms with Crippen LogP contribution < -0.4 is 0 Å². The Morgan fingerprint density at radius 2 is 1.85 bits per heavy atom. The molecule has 0 aliphatic carbocycles. The van der Waals surface area contributed by atoms with Gasteiger partial charge in [0.2, 0.25) is 5.91 Å². The topological polar surface area (TPSA) is 62.2 Å². The minimum atomic E-state index is -0.259. The van der Waals surface area contributed by atoms with Crippen molar-refractivity contribution in [1.29, 1.82) is 0 Å². The molecule has 3 rings (SSSR count). The van der Waals surface area contributed by atoms with Crippen LogP contribution >= 0.6 is 11.6 Å². The van der Waals surface area contributed by atoms with Gasteiger partial charge in [0.05, 0.1) is 18.4 Å². The lowest BCUT2D eigenvalue weighted by Gasteiger charge is -2.28. The molecular weight excluding hydrogens is 438 g/mol. The van der Waals surface area contributed by atoms with Gasteiger partial charge in [-0.05, 0) is 54.3 Å². The number of carbonyl (C=O) groups is 2. The molecule has 33 heavy (non-hydrogen) atoms. The third-order valence-corrected chi connectivity index (χ3v) is 6.21. The van der Waals surface area contributed by atoms with Gasteiger partial charge in [-0.25, -0.2) is 5.01 Å². The Morgan fingerprint density at radius 3 is 2.45 bits per heavy atom. The Morgan fingerprint density at radius 1 is 1.15 bits per heavy atom. The van der Waals surface area contributed by atoms with Crippen LogP contribution in [0.15, 0.2) is 47.6 Å². The van der Waals surface area contributed by atoms with Gasteiger partial charge in [0.25, 0.3) is 5.91 Å². The average molecular weight is 470 g/mol. The van der Waals surface area contributed by atoms with Crippen molar-refractivity contribution in [3.63, 3.8) is 0 Å². The largest absolute Gasteiger partial charge is 0.383 e. The smallest absolute Gasteiger partial charge is 0.262 e. The van der Waals surface area contributed by atoms with Crippen LogP contribution in [0.25, 0.3) is 0 Å². The van der Waals surface area contributed by atoms with Crippen LogP contribution in [-0.2, 0) is 14.3 Å². The maximum atomic E-state index is 13.5. The van der Waals surface area contributed by atoms with E-state index in [1.165, 1.54) is 16.1 Å². The molecule has 0 bridgehead atoms. The van der Waals surface area contributed by atoms with Gasteiger partial charge in [0, 0.05) is 31.0 Å². The predicted octanol–water partition coefficient (Wildman–Crippen LogP) is 4.77. The van der Waals surface area contributed by atoms with Gasteiger partial charge < -0.3 is 9.64 Å². The second kappa shape index (κ2) is 10.9. The molecule has 0 saturated heterocycles. The molecule has 2 aromatic carbocycles. The van der Waals surface area contributed by atoms with Gasteiger partial charge in [0.15, 0.2) is 0 Å². The number of hydrogen-bond donors (Lipinski definition) is 0. The summed E-state index contributed by atoms with van der Waals surface area (Å²) < 4.78 is 5.15. The van der Waals surface area contributed by atoms with Gasteiger partial charge in [-0.1, -0.05) is 49.7 Å². The minimum absolute atomic E-state index is 0.0475. The van der Waals surface area contributed by atoms with Gasteiger partial charge in [-0.2, -0.15) is 5.10 Å². The molecule has 0 spiro atoms. The Labute approximate surface area is 201 Å². The minimum Gasteiger partial charge on any atom is -0.383 e. The SMILES string of the molecule is COCCN(CC(=O)N1N=C(c2ccc(C)c(C)c2)C[C@@H]1c1ccc(Cl)cc1)C(=O)C(C)C. The molecule has 1 heterocycles. The molecule has 0 saturated carbocycles. The molecule has 176 valence electrons. The van der Waals surface area contributed by atoms with Gasteiger partial charge >= 0.3 is 0 Å². The lowest BCUT2D eigenvalue weighted by atomic mass is 9.96. The molecule has 0 N–H and O–H groups in total. The lowest BCUT2D eigenvalue weighted by molar-refractivity contribution is -0.143. The standard InChI is InChI=1S/C26H32ClN3O3/c1-17(2)26(32)29(12-13-33-5)16-25(31)30-24(20-8-10-22(27)11-9-20)15-23(28-30)21-7-6-18(3)19(4)14-21/h6-11,14,17,24H,12-13,15-16H2,1-5H3/t24-/m1/s1. The van der Waals surface area contributed by atoms with E-state index < -0.39 is 0 Å². The summed E-state index contributed by atoms with van der Waals surface area (Å²) in [7, 11) is 1.58. The summed E-state index contributed by atoms with van der Waals surface area (Å²) in [6, 6.07) is 13.5. The normalized spacial score (nSPS) is 15.7. The second-order valence-corrected chi connectivity index (χ2v) is 9.20. The number of rotatable bonds is 8. The third kappa shape index (κ3) is 6.01. The van der Waals surface area contributed by atoms with E-state index in [4.69, 9.17) is 21.4 Å². The summed E-state index contributed by atoms with van der Waals surface area (Å²) >= 11 is 6.09. The average Bonchev–Trinajstić information content (AvgIpc) is 3.24. The number of aryl methyl sites for hydroxylation is 2. The Bertz CT molecular complexity index is 1030. The van der Waals surface area contributed by atoms with Crippen molar-refractivity contribution in [3.8, 4) is 0 Å². The van der Waals surface area contributed by atoms with E-state index in [0.29, 0.717) is 24.6 Å². The van der Waals surface area contributed by atoms with Crippen LogP contribution in [0.5, 0.6) is 0 Å². The molecule has 1 atom stereocenters. The third-order valence-electron chi connectivity index (χ3n) is 5.96. The first-order chi connectivity index (χ1) is 15.7. The van der Waals surface area contributed by atoms with Gasteiger partial charge in [-0.3, -0.25) is 9.59 Å². The molecule has 0 fully saturated rings. The van der Waals surface area contributed by atoms with Crippen LogP contribution in [0.2, 0.25) is 5.02 Å². The van der Waals surface area contributed by atoms with Crippen LogP contribution in [0.1, 0.15) is 48.6 Å². The fraction of sp³-hybridized carbons (Fsp3) is 0.423. The van der Waals surface area contributed by atoms with E-state index in [2.05, 4.69) is 26.0 Å². The van der Waals surface area contributed by atoms with Crippen LogP contribution in [0.4, 0.5) is 0 Å². The zero-order chi connectivity index (χ0) is 24.1. The Kier molecular flexibility index (Phi) is 8.27. The number of nitrogens with zero attached hydrogens (tertiary/aromatic N) is 3. The summed E-state index contributed by atoms with van der Waals surface area (Å²) in [5.41, 5.74) is 5.19. The highest BCUT2D eigenvalue weighted by molar-refractivity contribution is 6.30. The summed E-state index contributed by atoms with van der Waals surface area (Å²) in [6.45, 7) is 8.47. The highest BCUT2D eigenvalue weighted by atomic mass is 35.5. The highest BCUT2D eigenvalue weighted by Gasteiger charge is 2.34. The number of amides is 2. The summed E-state index contributed by atoms with van der Waals surface area (Å²) in [5, 5.41) is 6.91. The van der Waals surface area contributed by atoms with E-state index in [-0.39, 0.29) is 30.3 Å². The van der Waals surface area contributed by atoms with Crippen molar-refractivity contribution in [3.05, 3.63) is 69.7 Å². The molecule has 2 aromatic rings. The number of methoxy groups -OCH3 is 1. The predicted molar refractivity (Wildman–Crippen MR) is 131 cm³/mol. The molecule has 0 aromatic heterocycles. The number of hydrogen-bond acceptors (Lipinski definition) is 4. The van der Waals surface area contributed by atoms with E-state index in [1.807, 2.05) is 44.2 Å². The zero-order valence-corrected chi connectivity index (χ0v) is 20.7. The van der Waals surface area contributed by atoms with Crippen molar-refractivity contribution in [2.24, 2.45) is 11.0 Å². The molecule has 6 nitrogen and oxygen atoms in total. The molecule has 7 heteroatoms. The van der Waals surface area contributed by atoms with Gasteiger partial charge in [-0.15, -0.1) is 0 Å². The highest BCUT2D eigenvalue weighted by Crippen LogP contribution is 2.34. The van der Waals surface area contributed by atoms with Crippen molar-refractivity contribution < 1.29 is 14.3 Å². The molecule has 0 unspecified atom stereocenters. The van der Waals surface area contributed by atoms with Crippen LogP contribution in [0.3, 0.4) is 0 Å². The van der Waals surface area contributed by atoms with E-state index in [9.17, 15) is 9.59 Å². The first-order valence-corrected chi connectivity index (χ1v) is 11.6. The second-order valence-electron chi connectivity index (χ2n) is 8.76. The van der Waals surface area contributed by atoms with Crippen LogP contribution in [-0.4, -0.2) is 54.2 Å². The summed E-state index contributed by atoms with van der Waals surface area (Å²) in [4.78, 5) is 27.7. The molecular formula is C26H32ClN3O3. The van der Waals surface area contributed by atoms with Crippen molar-refractivity contribution in [1.82, 2.24) is 9.91 Å². The quantitative estimate of drug-likeness (QED) is 0.559. The monoisotopic (exact) mass is 469 g/mol. The number of halogens is 1. The number of carbonyl (C=O) groups excluding carboxylic acids is 2. The maximum absolute atomic E-state index is 13.5. The fourth-order valence-electron chi connectivity index (χ4n) is 3.85. The lowest BCUT2D eigenvalue weighted by Crippen LogP contribution is -2.44. The van der Waals surface area contributed by atoms with Crippen LogP contribution in [0, 0.1) is 19.8 Å². The van der Waals surface area contributed by atoms with Crippen molar-refractivity contribution >= 4 is 29.1 Å².